The Kier molecular flexibility index (Phi) is 6.12. The maximum atomic E-state index is 12.5. The molecule has 1 N–H and O–H groups in total. The van der Waals surface area contributed by atoms with Crippen molar-refractivity contribution in [3.63, 3.8) is 0 Å². The van der Waals surface area contributed by atoms with Gasteiger partial charge in [-0.15, -0.1) is 0 Å². The van der Waals surface area contributed by atoms with Crippen molar-refractivity contribution in [2.75, 3.05) is 6.54 Å². The summed E-state index contributed by atoms with van der Waals surface area (Å²) in [4.78, 5) is 38.4. The van der Waals surface area contributed by atoms with Crippen LogP contribution >= 0.6 is 0 Å². The third-order valence-electron chi connectivity index (χ3n) is 5.90. The molecule has 4 rings (SSSR count). The second-order valence-corrected chi connectivity index (χ2v) is 7.96. The molecule has 6 heteroatoms. The van der Waals surface area contributed by atoms with Gasteiger partial charge in [-0.05, 0) is 36.1 Å². The first kappa shape index (κ1) is 20.1. The molecule has 1 aliphatic heterocycles. The van der Waals surface area contributed by atoms with E-state index in [0.717, 1.165) is 47.5 Å². The molecular weight excluding hydrogens is 380 g/mol. The minimum absolute atomic E-state index is 0.178. The summed E-state index contributed by atoms with van der Waals surface area (Å²) >= 11 is 0. The molecule has 0 spiro atoms. The Morgan fingerprint density at radius 2 is 1.50 bits per heavy atom. The first-order valence-electron chi connectivity index (χ1n) is 10.5. The van der Waals surface area contributed by atoms with Gasteiger partial charge in [-0.2, -0.15) is 0 Å². The van der Waals surface area contributed by atoms with Crippen LogP contribution in [0.2, 0.25) is 0 Å². The zero-order valence-electron chi connectivity index (χ0n) is 16.9. The predicted octanol–water partition coefficient (Wildman–Crippen LogP) is 3.06. The number of fused-ring (bicyclic) bond motifs is 1. The number of amides is 3. The molecule has 2 atom stereocenters. The van der Waals surface area contributed by atoms with Crippen molar-refractivity contribution >= 4 is 17.7 Å². The van der Waals surface area contributed by atoms with E-state index in [4.69, 9.17) is 4.74 Å². The van der Waals surface area contributed by atoms with Crippen LogP contribution in [-0.4, -0.2) is 29.2 Å². The lowest BCUT2D eigenvalue weighted by atomic mass is 9.81. The number of carbonyl (C=O) groups excluding carboxylic acids is 3. The van der Waals surface area contributed by atoms with Gasteiger partial charge in [0, 0.05) is 6.54 Å². The van der Waals surface area contributed by atoms with E-state index in [1.807, 2.05) is 54.6 Å². The highest BCUT2D eigenvalue weighted by Crippen LogP contribution is 2.37. The van der Waals surface area contributed by atoms with Gasteiger partial charge in [0.1, 0.15) is 18.9 Å². The molecule has 30 heavy (non-hydrogen) atoms. The van der Waals surface area contributed by atoms with E-state index >= 15 is 0 Å². The monoisotopic (exact) mass is 406 g/mol. The van der Waals surface area contributed by atoms with Gasteiger partial charge >= 0.3 is 0 Å². The fourth-order valence-corrected chi connectivity index (χ4v) is 4.22. The fourth-order valence-electron chi connectivity index (χ4n) is 4.22. The smallest absolute Gasteiger partial charge is 0.240 e. The van der Waals surface area contributed by atoms with Gasteiger partial charge in [0.05, 0.1) is 11.8 Å². The van der Waals surface area contributed by atoms with Crippen LogP contribution in [0.1, 0.15) is 36.8 Å². The molecule has 2 fully saturated rings. The molecule has 2 aromatic carbocycles. The van der Waals surface area contributed by atoms with Crippen LogP contribution in [0.3, 0.4) is 0 Å². The van der Waals surface area contributed by atoms with E-state index in [1.165, 1.54) is 0 Å². The van der Waals surface area contributed by atoms with Crippen LogP contribution < -0.4 is 10.1 Å². The Balaban J connectivity index is 1.25. The number of ether oxygens (including phenoxy) is 1. The first-order valence-corrected chi connectivity index (χ1v) is 10.5. The lowest BCUT2D eigenvalue weighted by molar-refractivity contribution is -0.143. The summed E-state index contributed by atoms with van der Waals surface area (Å²) in [6, 6.07) is 17.4. The predicted molar refractivity (Wildman–Crippen MR) is 111 cm³/mol. The minimum Gasteiger partial charge on any atom is -0.489 e. The number of benzene rings is 2. The minimum atomic E-state index is -0.313. The molecule has 1 saturated carbocycles. The van der Waals surface area contributed by atoms with Gasteiger partial charge in [0.25, 0.3) is 0 Å². The van der Waals surface area contributed by atoms with Crippen molar-refractivity contribution in [2.24, 2.45) is 11.8 Å². The number of imide groups is 1. The highest BCUT2D eigenvalue weighted by molar-refractivity contribution is 6.07. The Bertz CT molecular complexity index is 887. The standard InChI is InChI=1S/C24H26N2O4/c27-22(15-26-23(28)20-8-4-5-9-21(20)24(26)29)25-14-17-10-12-18(13-11-17)16-30-19-6-2-1-3-7-19/h1-3,6-7,10-13,20-21H,4-5,8-9,14-16H2,(H,25,27). The van der Waals surface area contributed by atoms with E-state index in [1.54, 1.807) is 0 Å². The zero-order valence-corrected chi connectivity index (χ0v) is 16.9. The van der Waals surface area contributed by atoms with Crippen molar-refractivity contribution in [1.29, 1.82) is 0 Å². The van der Waals surface area contributed by atoms with E-state index in [-0.39, 0.29) is 36.1 Å². The van der Waals surface area contributed by atoms with Crippen molar-refractivity contribution in [2.45, 2.75) is 38.8 Å². The Hall–Kier alpha value is -3.15. The number of hydrogen-bond donors (Lipinski definition) is 1. The summed E-state index contributed by atoms with van der Waals surface area (Å²) in [5.74, 6) is -0.286. The topological polar surface area (TPSA) is 75.7 Å². The molecule has 0 bridgehead atoms. The molecule has 1 aliphatic carbocycles. The molecule has 0 radical (unpaired) electrons. The van der Waals surface area contributed by atoms with Crippen LogP contribution in [-0.2, 0) is 27.5 Å². The van der Waals surface area contributed by atoms with E-state index in [2.05, 4.69) is 5.32 Å². The van der Waals surface area contributed by atoms with Crippen LogP contribution in [0.4, 0.5) is 0 Å². The Morgan fingerprint density at radius 1 is 0.900 bits per heavy atom. The Morgan fingerprint density at radius 3 is 2.13 bits per heavy atom. The maximum absolute atomic E-state index is 12.5. The average Bonchev–Trinajstić information content (AvgIpc) is 3.03. The van der Waals surface area contributed by atoms with Gasteiger partial charge in [0.15, 0.2) is 0 Å². The lowest BCUT2D eigenvalue weighted by Crippen LogP contribution is -2.40. The van der Waals surface area contributed by atoms with E-state index < -0.39 is 0 Å². The molecule has 1 saturated heterocycles. The normalized spacial score (nSPS) is 20.7. The van der Waals surface area contributed by atoms with E-state index in [9.17, 15) is 14.4 Å². The molecule has 2 aliphatic rings. The molecule has 2 aromatic rings. The summed E-state index contributed by atoms with van der Waals surface area (Å²) in [6.07, 6.45) is 3.47. The largest absolute Gasteiger partial charge is 0.489 e. The van der Waals surface area contributed by atoms with Crippen molar-refractivity contribution in [3.05, 3.63) is 65.7 Å². The highest BCUT2D eigenvalue weighted by Gasteiger charge is 2.48. The van der Waals surface area contributed by atoms with Gasteiger partial charge in [-0.3, -0.25) is 19.3 Å². The third-order valence-corrected chi connectivity index (χ3v) is 5.90. The highest BCUT2D eigenvalue weighted by atomic mass is 16.5. The summed E-state index contributed by atoms with van der Waals surface area (Å²) in [5.41, 5.74) is 1.98. The average molecular weight is 406 g/mol. The molecule has 6 nitrogen and oxygen atoms in total. The van der Waals surface area contributed by atoms with Gasteiger partial charge in [0.2, 0.25) is 17.7 Å². The molecule has 2 unspecified atom stereocenters. The third kappa shape index (κ3) is 4.53. The van der Waals surface area contributed by atoms with Crippen molar-refractivity contribution in [3.8, 4) is 5.75 Å². The number of nitrogens with zero attached hydrogens (tertiary/aromatic N) is 1. The number of rotatable bonds is 7. The number of hydrogen-bond acceptors (Lipinski definition) is 4. The van der Waals surface area contributed by atoms with Crippen molar-refractivity contribution < 1.29 is 19.1 Å². The molecule has 3 amide bonds. The number of likely N-dealkylation sites (tertiary alicyclic amines) is 1. The summed E-state index contributed by atoms with van der Waals surface area (Å²) < 4.78 is 5.73. The van der Waals surface area contributed by atoms with Crippen LogP contribution in [0.25, 0.3) is 0 Å². The second-order valence-electron chi connectivity index (χ2n) is 7.96. The number of carbonyl (C=O) groups is 3. The molecule has 156 valence electrons. The molecule has 1 heterocycles. The SMILES string of the molecule is O=C(CN1C(=O)C2CCCCC2C1=O)NCc1ccc(COc2ccccc2)cc1. The van der Waals surface area contributed by atoms with E-state index in [0.29, 0.717) is 13.2 Å². The Labute approximate surface area is 176 Å². The van der Waals surface area contributed by atoms with Gasteiger partial charge < -0.3 is 10.1 Å². The second kappa shape index (κ2) is 9.11. The molecular formula is C24H26N2O4. The summed E-state index contributed by atoms with van der Waals surface area (Å²) in [6.45, 7) is 0.633. The quantitative estimate of drug-likeness (QED) is 0.717. The first-order chi connectivity index (χ1) is 14.6. The van der Waals surface area contributed by atoms with Crippen LogP contribution in [0, 0.1) is 11.8 Å². The fraction of sp³-hybridized carbons (Fsp3) is 0.375. The summed E-state index contributed by atoms with van der Waals surface area (Å²) in [5, 5.41) is 2.81. The zero-order chi connectivity index (χ0) is 20.9. The van der Waals surface area contributed by atoms with Crippen molar-refractivity contribution in [1.82, 2.24) is 10.2 Å². The number of nitrogens with one attached hydrogen (secondary N) is 1. The van der Waals surface area contributed by atoms with Crippen LogP contribution in [0.5, 0.6) is 5.75 Å². The lowest BCUT2D eigenvalue weighted by Gasteiger charge is -2.19. The summed E-state index contributed by atoms with van der Waals surface area (Å²) in [7, 11) is 0. The number of para-hydroxylation sites is 1. The maximum Gasteiger partial charge on any atom is 0.240 e. The van der Waals surface area contributed by atoms with Crippen LogP contribution in [0.15, 0.2) is 54.6 Å². The van der Waals surface area contributed by atoms with Gasteiger partial charge in [-0.1, -0.05) is 55.3 Å². The van der Waals surface area contributed by atoms with Gasteiger partial charge in [-0.25, -0.2) is 0 Å². The molecule has 0 aromatic heterocycles.